The summed E-state index contributed by atoms with van der Waals surface area (Å²) in [5.74, 6) is -4.47. The van der Waals surface area contributed by atoms with Crippen LogP contribution in [0.5, 0.6) is 11.5 Å². The second kappa shape index (κ2) is 8.71. The van der Waals surface area contributed by atoms with Crippen LogP contribution < -0.4 is 5.32 Å². The molecular weight excluding hydrogens is 372 g/mol. The van der Waals surface area contributed by atoms with Crippen molar-refractivity contribution in [2.24, 2.45) is 4.99 Å². The van der Waals surface area contributed by atoms with E-state index in [1.165, 1.54) is 36.6 Å². The molecule has 0 amide bonds. The molecule has 148 valence electrons. The van der Waals surface area contributed by atoms with Gasteiger partial charge in [0.25, 0.3) is 0 Å². The van der Waals surface area contributed by atoms with Gasteiger partial charge in [-0.3, -0.25) is 4.99 Å². The minimum Gasteiger partial charge on any atom is -0.504 e. The van der Waals surface area contributed by atoms with E-state index in [0.717, 1.165) is 0 Å². The van der Waals surface area contributed by atoms with Gasteiger partial charge in [-0.25, -0.2) is 14.4 Å². The molecular formula is C18H18N2O8. The molecule has 0 spiro atoms. The molecule has 1 aliphatic rings. The summed E-state index contributed by atoms with van der Waals surface area (Å²) < 4.78 is 0. The number of carbonyl (C=O) groups is 3. The van der Waals surface area contributed by atoms with Crippen LogP contribution in [0.3, 0.4) is 0 Å². The van der Waals surface area contributed by atoms with Gasteiger partial charge in [-0.1, -0.05) is 6.07 Å². The van der Waals surface area contributed by atoms with Gasteiger partial charge in [-0.2, -0.15) is 0 Å². The second-order valence-electron chi connectivity index (χ2n) is 6.02. The summed E-state index contributed by atoms with van der Waals surface area (Å²) >= 11 is 0. The number of allylic oxidation sites excluding steroid dienone is 2. The number of aliphatic imine (C=N–C) groups is 1. The summed E-state index contributed by atoms with van der Waals surface area (Å²) in [6, 6.07) is 1.59. The highest BCUT2D eigenvalue weighted by atomic mass is 16.4. The third-order valence-corrected chi connectivity index (χ3v) is 3.94. The first-order chi connectivity index (χ1) is 13.2. The number of benzene rings is 1. The third kappa shape index (κ3) is 5.34. The molecule has 0 unspecified atom stereocenters. The van der Waals surface area contributed by atoms with Crippen molar-refractivity contribution >= 4 is 24.1 Å². The standard InChI is InChI=1S/C18H18N2O8/c21-14-2-1-9(8-15(14)22)5-11(16(23)24)19-4-3-10-6-12(17(25)26)20-13(7-10)18(27)28/h1-4,6,8,11,13,20-22H,5,7H2,(H,23,24)(H,25,26)(H,27,28)/b10-3-,19-4?/t11-,13-/m0/s1. The number of carboxylic acid groups (broad SMARTS) is 3. The van der Waals surface area contributed by atoms with Crippen LogP contribution in [-0.4, -0.2) is 61.7 Å². The average Bonchev–Trinajstić information content (AvgIpc) is 2.63. The molecule has 0 aliphatic carbocycles. The van der Waals surface area contributed by atoms with Gasteiger partial charge < -0.3 is 30.8 Å². The van der Waals surface area contributed by atoms with E-state index in [9.17, 15) is 29.7 Å². The Hall–Kier alpha value is -3.82. The minimum atomic E-state index is -1.32. The Bertz CT molecular complexity index is 888. The van der Waals surface area contributed by atoms with Crippen molar-refractivity contribution < 1.29 is 39.9 Å². The Morgan fingerprint density at radius 1 is 1.18 bits per heavy atom. The highest BCUT2D eigenvalue weighted by Crippen LogP contribution is 2.25. The quantitative estimate of drug-likeness (QED) is 0.286. The van der Waals surface area contributed by atoms with Crippen molar-refractivity contribution in [3.63, 3.8) is 0 Å². The average molecular weight is 390 g/mol. The topological polar surface area (TPSA) is 177 Å². The largest absolute Gasteiger partial charge is 0.504 e. The molecule has 2 rings (SSSR count). The van der Waals surface area contributed by atoms with E-state index in [0.29, 0.717) is 11.1 Å². The molecule has 2 atom stereocenters. The van der Waals surface area contributed by atoms with Crippen LogP contribution in [0.4, 0.5) is 0 Å². The molecule has 10 heteroatoms. The van der Waals surface area contributed by atoms with Crippen LogP contribution in [0.25, 0.3) is 0 Å². The van der Waals surface area contributed by atoms with Crippen molar-refractivity contribution in [2.45, 2.75) is 24.9 Å². The summed E-state index contributed by atoms with van der Waals surface area (Å²) in [6.45, 7) is 0. The Balaban J connectivity index is 2.18. The van der Waals surface area contributed by atoms with E-state index in [-0.39, 0.29) is 30.0 Å². The Morgan fingerprint density at radius 3 is 2.46 bits per heavy atom. The smallest absolute Gasteiger partial charge is 0.351 e. The van der Waals surface area contributed by atoms with Crippen molar-refractivity contribution in [2.75, 3.05) is 0 Å². The molecule has 28 heavy (non-hydrogen) atoms. The first-order valence-corrected chi connectivity index (χ1v) is 8.07. The lowest BCUT2D eigenvalue weighted by Gasteiger charge is -2.21. The van der Waals surface area contributed by atoms with Gasteiger partial charge in [-0.15, -0.1) is 0 Å². The van der Waals surface area contributed by atoms with E-state index >= 15 is 0 Å². The highest BCUT2D eigenvalue weighted by Gasteiger charge is 2.26. The fraction of sp³-hybridized carbons (Fsp3) is 0.222. The molecule has 1 aromatic carbocycles. The molecule has 0 bridgehead atoms. The summed E-state index contributed by atoms with van der Waals surface area (Å²) in [5, 5.41) is 48.6. The second-order valence-corrected chi connectivity index (χ2v) is 6.02. The maximum absolute atomic E-state index is 11.4. The zero-order chi connectivity index (χ0) is 20.8. The van der Waals surface area contributed by atoms with E-state index in [1.807, 2.05) is 0 Å². The number of aliphatic carboxylic acids is 3. The molecule has 1 heterocycles. The lowest BCUT2D eigenvalue weighted by molar-refractivity contribution is -0.140. The Kier molecular flexibility index (Phi) is 6.38. The van der Waals surface area contributed by atoms with Gasteiger partial charge in [0.2, 0.25) is 0 Å². The lowest BCUT2D eigenvalue weighted by atomic mass is 10.00. The van der Waals surface area contributed by atoms with Crippen LogP contribution >= 0.6 is 0 Å². The predicted molar refractivity (Wildman–Crippen MR) is 96.4 cm³/mol. The van der Waals surface area contributed by atoms with Crippen molar-refractivity contribution in [3.05, 3.63) is 47.2 Å². The van der Waals surface area contributed by atoms with E-state index in [2.05, 4.69) is 10.3 Å². The van der Waals surface area contributed by atoms with Gasteiger partial charge in [-0.05, 0) is 35.4 Å². The zero-order valence-corrected chi connectivity index (χ0v) is 14.4. The number of carboxylic acids is 3. The maximum atomic E-state index is 11.4. The van der Waals surface area contributed by atoms with Gasteiger partial charge in [0.1, 0.15) is 11.7 Å². The molecule has 0 saturated heterocycles. The highest BCUT2D eigenvalue weighted by molar-refractivity contribution is 5.90. The normalized spacial score (nSPS) is 19.1. The molecule has 1 aromatic rings. The van der Waals surface area contributed by atoms with Gasteiger partial charge in [0.15, 0.2) is 17.5 Å². The van der Waals surface area contributed by atoms with E-state index in [4.69, 9.17) is 10.2 Å². The van der Waals surface area contributed by atoms with Crippen molar-refractivity contribution in [3.8, 4) is 11.5 Å². The summed E-state index contributed by atoms with van der Waals surface area (Å²) in [7, 11) is 0. The number of hydrogen-bond donors (Lipinski definition) is 6. The van der Waals surface area contributed by atoms with Crippen molar-refractivity contribution in [1.29, 1.82) is 0 Å². The maximum Gasteiger partial charge on any atom is 0.351 e. The van der Waals surface area contributed by atoms with Gasteiger partial charge in [0.05, 0.1) is 0 Å². The summed E-state index contributed by atoms with van der Waals surface area (Å²) in [6.07, 6.45) is 3.72. The minimum absolute atomic E-state index is 0.00169. The number of phenols is 2. The molecule has 0 aromatic heterocycles. The third-order valence-electron chi connectivity index (χ3n) is 3.94. The van der Waals surface area contributed by atoms with Crippen molar-refractivity contribution in [1.82, 2.24) is 5.32 Å². The van der Waals surface area contributed by atoms with Crippen LogP contribution in [0, 0.1) is 0 Å². The Labute approximate surface area is 158 Å². The van der Waals surface area contributed by atoms with E-state index < -0.39 is 30.0 Å². The van der Waals surface area contributed by atoms with Crippen LogP contribution in [0.1, 0.15) is 12.0 Å². The first kappa shape index (κ1) is 20.5. The van der Waals surface area contributed by atoms with E-state index in [1.54, 1.807) is 0 Å². The predicted octanol–water partition coefficient (Wildman–Crippen LogP) is 0.506. The SMILES string of the molecule is O=C(O)C1=C/C(=C/C=N[C@@H](Cc2ccc(O)c(O)c2)C(=O)O)C[C@@H](C(=O)O)N1. The fourth-order valence-electron chi connectivity index (χ4n) is 2.51. The number of hydrogen-bond acceptors (Lipinski definition) is 7. The molecule has 10 nitrogen and oxygen atoms in total. The number of phenolic OH excluding ortho intramolecular Hbond substituents is 2. The number of aromatic hydroxyl groups is 2. The summed E-state index contributed by atoms with van der Waals surface area (Å²) in [4.78, 5) is 37.5. The van der Waals surface area contributed by atoms with Gasteiger partial charge in [0, 0.05) is 19.1 Å². The molecule has 1 aliphatic heterocycles. The monoisotopic (exact) mass is 390 g/mol. The molecule has 6 N–H and O–H groups in total. The van der Waals surface area contributed by atoms with Gasteiger partial charge >= 0.3 is 17.9 Å². The Morgan fingerprint density at radius 2 is 1.89 bits per heavy atom. The molecule has 0 radical (unpaired) electrons. The number of nitrogens with one attached hydrogen (secondary N) is 1. The first-order valence-electron chi connectivity index (χ1n) is 8.07. The zero-order valence-electron chi connectivity index (χ0n) is 14.4. The number of nitrogens with zero attached hydrogens (tertiary/aromatic N) is 1. The lowest BCUT2D eigenvalue weighted by Crippen LogP contribution is -2.41. The fourth-order valence-corrected chi connectivity index (χ4v) is 2.51. The summed E-state index contributed by atoms with van der Waals surface area (Å²) in [5.41, 5.74) is 0.514. The van der Waals surface area contributed by atoms with Crippen LogP contribution in [0.15, 0.2) is 46.6 Å². The van der Waals surface area contributed by atoms with Crippen LogP contribution in [0.2, 0.25) is 0 Å². The van der Waals surface area contributed by atoms with Crippen LogP contribution in [-0.2, 0) is 20.8 Å². The molecule has 0 saturated carbocycles. The number of rotatable bonds is 7. The molecule has 0 fully saturated rings.